The molecule has 5 N–H and O–H groups in total. The number of nitrogens with one attached hydrogen (secondary N) is 3. The Hall–Kier alpha value is -3.46. The summed E-state index contributed by atoms with van der Waals surface area (Å²) in [5.74, 6) is -1.81. The van der Waals surface area contributed by atoms with Crippen molar-refractivity contribution in [1.82, 2.24) is 15.4 Å². The summed E-state index contributed by atoms with van der Waals surface area (Å²) in [6, 6.07) is 9.37. The molecule has 3 aromatic rings. The standard InChI is InChI=1S/C17H13ClF2N6O/c18-10-3-1-2-9(6-10)17(27)26-25-16-14(21)15(22-8-23-16)24-13-5-4-11(19)7-12(13)20/h1-8H,21H2,(H,26,27)(H2,22,23,24,25). The third-order valence-electron chi connectivity index (χ3n) is 3.45. The van der Waals surface area contributed by atoms with Gasteiger partial charge in [-0.3, -0.25) is 15.6 Å². The van der Waals surface area contributed by atoms with Gasteiger partial charge in [0, 0.05) is 16.7 Å². The maximum absolute atomic E-state index is 13.8. The number of amides is 1. The van der Waals surface area contributed by atoms with Gasteiger partial charge in [-0.15, -0.1) is 0 Å². The summed E-state index contributed by atoms with van der Waals surface area (Å²) in [4.78, 5) is 20.0. The van der Waals surface area contributed by atoms with Gasteiger partial charge in [-0.1, -0.05) is 17.7 Å². The summed E-state index contributed by atoms with van der Waals surface area (Å²) >= 11 is 5.85. The van der Waals surface area contributed by atoms with Gasteiger partial charge in [0.05, 0.1) is 5.69 Å². The van der Waals surface area contributed by atoms with E-state index in [2.05, 4.69) is 26.1 Å². The van der Waals surface area contributed by atoms with Crippen molar-refractivity contribution in [2.75, 3.05) is 16.5 Å². The molecule has 0 fully saturated rings. The molecule has 0 radical (unpaired) electrons. The molecule has 0 spiro atoms. The Bertz CT molecular complexity index is 1000. The molecule has 1 aromatic heterocycles. The van der Waals surface area contributed by atoms with Crippen molar-refractivity contribution in [1.29, 1.82) is 0 Å². The molecular formula is C17H13ClF2N6O. The van der Waals surface area contributed by atoms with Crippen LogP contribution in [0.15, 0.2) is 48.8 Å². The van der Waals surface area contributed by atoms with Crippen LogP contribution in [0.25, 0.3) is 0 Å². The molecule has 0 atom stereocenters. The first-order chi connectivity index (χ1) is 12.9. The van der Waals surface area contributed by atoms with Gasteiger partial charge in [0.15, 0.2) is 11.6 Å². The van der Waals surface area contributed by atoms with Crippen LogP contribution >= 0.6 is 11.6 Å². The first kappa shape index (κ1) is 18.3. The minimum atomic E-state index is -0.809. The Balaban J connectivity index is 1.74. The van der Waals surface area contributed by atoms with Crippen LogP contribution in [-0.2, 0) is 0 Å². The van der Waals surface area contributed by atoms with E-state index in [1.807, 2.05) is 0 Å². The number of aromatic nitrogens is 2. The van der Waals surface area contributed by atoms with E-state index in [0.29, 0.717) is 10.6 Å². The average Bonchev–Trinajstić information content (AvgIpc) is 2.64. The highest BCUT2D eigenvalue weighted by Gasteiger charge is 2.12. The molecule has 0 bridgehead atoms. The second kappa shape index (κ2) is 7.83. The summed E-state index contributed by atoms with van der Waals surface area (Å²) in [6.07, 6.45) is 1.16. The second-order valence-electron chi connectivity index (χ2n) is 5.32. The molecule has 27 heavy (non-hydrogen) atoms. The minimum Gasteiger partial charge on any atom is -0.393 e. The zero-order valence-electron chi connectivity index (χ0n) is 13.6. The van der Waals surface area contributed by atoms with E-state index in [-0.39, 0.29) is 23.0 Å². The fourth-order valence-corrected chi connectivity index (χ4v) is 2.32. The number of rotatable bonds is 5. The normalized spacial score (nSPS) is 10.3. The van der Waals surface area contributed by atoms with Crippen LogP contribution in [0, 0.1) is 11.6 Å². The molecule has 7 nitrogen and oxygen atoms in total. The molecule has 0 aliphatic rings. The van der Waals surface area contributed by atoms with Crippen molar-refractivity contribution < 1.29 is 13.6 Å². The third kappa shape index (κ3) is 4.39. The van der Waals surface area contributed by atoms with Crippen molar-refractivity contribution in [2.24, 2.45) is 0 Å². The van der Waals surface area contributed by atoms with E-state index in [0.717, 1.165) is 18.5 Å². The molecule has 1 amide bonds. The van der Waals surface area contributed by atoms with Crippen molar-refractivity contribution in [3.63, 3.8) is 0 Å². The summed E-state index contributed by atoms with van der Waals surface area (Å²) in [7, 11) is 0. The van der Waals surface area contributed by atoms with Crippen molar-refractivity contribution >= 4 is 40.5 Å². The van der Waals surface area contributed by atoms with E-state index >= 15 is 0 Å². The number of nitrogen functional groups attached to an aromatic ring is 1. The number of carbonyl (C=O) groups excluding carboxylic acids is 1. The number of benzene rings is 2. The molecule has 10 heteroatoms. The van der Waals surface area contributed by atoms with E-state index in [1.54, 1.807) is 18.2 Å². The summed E-state index contributed by atoms with van der Waals surface area (Å²) in [5.41, 5.74) is 11.3. The van der Waals surface area contributed by atoms with Gasteiger partial charge in [-0.25, -0.2) is 18.7 Å². The van der Waals surface area contributed by atoms with Crippen LogP contribution in [0.1, 0.15) is 10.4 Å². The lowest BCUT2D eigenvalue weighted by atomic mass is 10.2. The van der Waals surface area contributed by atoms with Crippen LogP contribution in [0.5, 0.6) is 0 Å². The largest absolute Gasteiger partial charge is 0.393 e. The highest BCUT2D eigenvalue weighted by molar-refractivity contribution is 6.30. The van der Waals surface area contributed by atoms with E-state index in [9.17, 15) is 13.6 Å². The highest BCUT2D eigenvalue weighted by Crippen LogP contribution is 2.27. The van der Waals surface area contributed by atoms with Gasteiger partial charge in [0.25, 0.3) is 5.91 Å². The molecule has 0 aliphatic carbocycles. The summed E-state index contributed by atoms with van der Waals surface area (Å²) < 4.78 is 26.8. The molecule has 0 saturated carbocycles. The maximum atomic E-state index is 13.8. The van der Waals surface area contributed by atoms with Gasteiger partial charge in [0.2, 0.25) is 0 Å². The van der Waals surface area contributed by atoms with E-state index in [1.165, 1.54) is 12.1 Å². The number of nitrogens with two attached hydrogens (primary N) is 1. The maximum Gasteiger partial charge on any atom is 0.269 e. The van der Waals surface area contributed by atoms with Crippen LogP contribution in [0.3, 0.4) is 0 Å². The lowest BCUT2D eigenvalue weighted by Gasteiger charge is -2.13. The number of anilines is 4. The Labute approximate surface area is 157 Å². The zero-order valence-corrected chi connectivity index (χ0v) is 14.4. The molecular weight excluding hydrogens is 378 g/mol. The van der Waals surface area contributed by atoms with Crippen LogP contribution in [0.4, 0.5) is 31.8 Å². The molecule has 3 rings (SSSR count). The number of hydrazine groups is 1. The third-order valence-corrected chi connectivity index (χ3v) is 3.68. The molecule has 1 heterocycles. The molecule has 138 valence electrons. The van der Waals surface area contributed by atoms with E-state index < -0.39 is 17.5 Å². The Morgan fingerprint density at radius 1 is 1.07 bits per heavy atom. The van der Waals surface area contributed by atoms with Gasteiger partial charge in [0.1, 0.15) is 23.6 Å². The number of carbonyl (C=O) groups is 1. The smallest absolute Gasteiger partial charge is 0.269 e. The Morgan fingerprint density at radius 3 is 2.59 bits per heavy atom. The minimum absolute atomic E-state index is 0.0179. The predicted octanol–water partition coefficient (Wildman–Crippen LogP) is 3.49. The molecule has 2 aromatic carbocycles. The number of hydrogen-bond acceptors (Lipinski definition) is 6. The topological polar surface area (TPSA) is 105 Å². The second-order valence-corrected chi connectivity index (χ2v) is 5.76. The van der Waals surface area contributed by atoms with Crippen molar-refractivity contribution in [3.05, 3.63) is 71.0 Å². The molecule has 0 saturated heterocycles. The number of halogens is 3. The lowest BCUT2D eigenvalue weighted by Crippen LogP contribution is -2.30. The van der Waals surface area contributed by atoms with Gasteiger partial charge in [-0.05, 0) is 30.3 Å². The predicted molar refractivity (Wildman–Crippen MR) is 98.6 cm³/mol. The Kier molecular flexibility index (Phi) is 5.32. The van der Waals surface area contributed by atoms with E-state index in [4.69, 9.17) is 17.3 Å². The molecule has 0 aliphatic heterocycles. The average molecular weight is 391 g/mol. The van der Waals surface area contributed by atoms with Crippen LogP contribution in [-0.4, -0.2) is 15.9 Å². The zero-order chi connectivity index (χ0) is 19.4. The fraction of sp³-hybridized carbons (Fsp3) is 0. The van der Waals surface area contributed by atoms with Crippen LogP contribution < -0.4 is 21.9 Å². The number of hydrogen-bond donors (Lipinski definition) is 4. The van der Waals surface area contributed by atoms with Gasteiger partial charge in [-0.2, -0.15) is 0 Å². The fourth-order valence-electron chi connectivity index (χ4n) is 2.13. The summed E-state index contributed by atoms with van der Waals surface area (Å²) in [5, 5.41) is 3.06. The van der Waals surface area contributed by atoms with Crippen LogP contribution in [0.2, 0.25) is 5.02 Å². The monoisotopic (exact) mass is 390 g/mol. The number of nitrogens with zero attached hydrogens (tertiary/aromatic N) is 2. The van der Waals surface area contributed by atoms with Crippen molar-refractivity contribution in [2.45, 2.75) is 0 Å². The highest BCUT2D eigenvalue weighted by atomic mass is 35.5. The van der Waals surface area contributed by atoms with Gasteiger partial charge >= 0.3 is 0 Å². The first-order valence-corrected chi connectivity index (χ1v) is 7.96. The van der Waals surface area contributed by atoms with Gasteiger partial charge < -0.3 is 11.1 Å². The first-order valence-electron chi connectivity index (χ1n) is 7.58. The quantitative estimate of drug-likeness (QED) is 0.497. The Morgan fingerprint density at radius 2 is 1.85 bits per heavy atom. The van der Waals surface area contributed by atoms with Crippen molar-refractivity contribution in [3.8, 4) is 0 Å². The molecule has 0 unspecified atom stereocenters. The lowest BCUT2D eigenvalue weighted by molar-refractivity contribution is 0.0962. The summed E-state index contributed by atoms with van der Waals surface area (Å²) in [6.45, 7) is 0. The SMILES string of the molecule is Nc1c(NNC(=O)c2cccc(Cl)c2)ncnc1Nc1ccc(F)cc1F.